The summed E-state index contributed by atoms with van der Waals surface area (Å²) in [7, 11) is 1.91. The fourth-order valence-electron chi connectivity index (χ4n) is 1.21. The lowest BCUT2D eigenvalue weighted by Gasteiger charge is -2.19. The second-order valence-corrected chi connectivity index (χ2v) is 4.80. The van der Waals surface area contributed by atoms with Crippen molar-refractivity contribution < 1.29 is 0 Å². The molecule has 0 spiro atoms. The number of nitrogens with one attached hydrogen (secondary N) is 1. The van der Waals surface area contributed by atoms with Gasteiger partial charge in [0.15, 0.2) is 0 Å². The van der Waals surface area contributed by atoms with E-state index in [1.54, 1.807) is 0 Å². The van der Waals surface area contributed by atoms with E-state index in [1.165, 1.54) is 0 Å². The average molecular weight is 289 g/mol. The van der Waals surface area contributed by atoms with Crippen molar-refractivity contribution >= 4 is 15.9 Å². The van der Waals surface area contributed by atoms with Gasteiger partial charge in [-0.15, -0.1) is 0 Å². The Balaban J connectivity index is 5.17. The van der Waals surface area contributed by atoms with Gasteiger partial charge in [-0.2, -0.15) is 0 Å². The number of hydrogen-bond donors (Lipinski definition) is 3. The first-order valence-corrected chi connectivity index (χ1v) is 5.92. The normalized spacial score (nSPS) is 14.6. The molecule has 0 bridgehead atoms. The highest BCUT2D eigenvalue weighted by atomic mass is 79.9. The number of halogens is 1. The van der Waals surface area contributed by atoms with Crippen LogP contribution in [0.25, 0.3) is 0 Å². The van der Waals surface area contributed by atoms with Crippen molar-refractivity contribution in [3.63, 3.8) is 0 Å². The molecular formula is C11H21BrN4. The van der Waals surface area contributed by atoms with Gasteiger partial charge in [-0.1, -0.05) is 15.9 Å². The van der Waals surface area contributed by atoms with Crippen molar-refractivity contribution in [2.75, 3.05) is 13.6 Å². The van der Waals surface area contributed by atoms with Crippen LogP contribution in [0.5, 0.6) is 0 Å². The van der Waals surface area contributed by atoms with E-state index in [1.807, 2.05) is 45.0 Å². The maximum Gasteiger partial charge on any atom is 0.120 e. The smallest absolute Gasteiger partial charge is 0.120 e. The molecule has 0 aliphatic carbocycles. The first-order chi connectivity index (χ1) is 7.38. The van der Waals surface area contributed by atoms with Crippen LogP contribution in [0.2, 0.25) is 0 Å². The second-order valence-electron chi connectivity index (χ2n) is 3.54. The van der Waals surface area contributed by atoms with E-state index in [-0.39, 0.29) is 0 Å². The number of rotatable bonds is 5. The predicted molar refractivity (Wildman–Crippen MR) is 73.3 cm³/mol. The molecule has 5 N–H and O–H groups in total. The van der Waals surface area contributed by atoms with Crippen molar-refractivity contribution in [3.8, 4) is 0 Å². The second kappa shape index (κ2) is 7.22. The summed E-state index contributed by atoms with van der Waals surface area (Å²) in [5.74, 6) is 0.626. The molecule has 0 radical (unpaired) electrons. The van der Waals surface area contributed by atoms with Gasteiger partial charge in [-0.25, -0.2) is 0 Å². The third-order valence-corrected chi connectivity index (χ3v) is 1.98. The number of likely N-dealkylation sites (N-methyl/N-ethyl adjacent to an activating group) is 1. The largest absolute Gasteiger partial charge is 0.401 e. The Labute approximate surface area is 106 Å². The summed E-state index contributed by atoms with van der Waals surface area (Å²) in [6, 6.07) is 0. The maximum atomic E-state index is 5.94. The predicted octanol–water partition coefficient (Wildman–Crippen LogP) is 1.77. The highest BCUT2D eigenvalue weighted by molar-refractivity contribution is 9.11. The Bertz CT molecular complexity index is 310. The lowest BCUT2D eigenvalue weighted by molar-refractivity contribution is 0.562. The van der Waals surface area contributed by atoms with Crippen LogP contribution in [-0.2, 0) is 0 Å². The van der Waals surface area contributed by atoms with Crippen LogP contribution in [0.4, 0.5) is 0 Å². The minimum atomic E-state index is 0.626. The summed E-state index contributed by atoms with van der Waals surface area (Å²) in [6.07, 6.45) is 3.77. The molecule has 0 saturated carbocycles. The summed E-state index contributed by atoms with van der Waals surface area (Å²) < 4.78 is 0.998. The van der Waals surface area contributed by atoms with Crippen molar-refractivity contribution in [1.82, 2.24) is 10.2 Å². The summed E-state index contributed by atoms with van der Waals surface area (Å²) in [4.78, 5) is 1.89. The van der Waals surface area contributed by atoms with Gasteiger partial charge in [0, 0.05) is 25.5 Å². The molecule has 0 aromatic heterocycles. The van der Waals surface area contributed by atoms with E-state index in [9.17, 15) is 0 Å². The number of nitrogens with two attached hydrogens (primary N) is 2. The molecule has 0 amide bonds. The Kier molecular flexibility index (Phi) is 6.72. The first kappa shape index (κ1) is 14.9. The first-order valence-electron chi connectivity index (χ1n) is 5.12. The molecule has 0 aliphatic heterocycles. The molecule has 4 nitrogen and oxygen atoms in total. The minimum absolute atomic E-state index is 0.626. The van der Waals surface area contributed by atoms with Gasteiger partial charge in [0.2, 0.25) is 0 Å². The zero-order valence-electron chi connectivity index (χ0n) is 10.3. The van der Waals surface area contributed by atoms with Crippen molar-refractivity contribution in [2.24, 2.45) is 11.5 Å². The van der Waals surface area contributed by atoms with Crippen molar-refractivity contribution in [1.29, 1.82) is 0 Å². The highest BCUT2D eigenvalue weighted by Crippen LogP contribution is 2.13. The topological polar surface area (TPSA) is 67.3 Å². The van der Waals surface area contributed by atoms with Crippen molar-refractivity contribution in [2.45, 2.75) is 20.8 Å². The molecule has 92 valence electrons. The van der Waals surface area contributed by atoms with Crippen LogP contribution in [-0.4, -0.2) is 18.5 Å². The molecular weight excluding hydrogens is 268 g/mol. The Morgan fingerprint density at radius 1 is 1.38 bits per heavy atom. The van der Waals surface area contributed by atoms with Gasteiger partial charge in [0.1, 0.15) is 5.82 Å². The standard InChI is InChI=1S/C11H21BrN4/c1-5-15-11(14)10(6-8(2)12)16(4)7-9(3)13/h6-7,15H,5,13-14H2,1-4H3/b8-6+,9-7-,11-10-. The number of allylic oxidation sites excluding steroid dienone is 3. The zero-order chi connectivity index (χ0) is 12.7. The van der Waals surface area contributed by atoms with Crippen LogP contribution < -0.4 is 16.8 Å². The van der Waals surface area contributed by atoms with Gasteiger partial charge in [-0.3, -0.25) is 0 Å². The molecule has 0 rings (SSSR count). The zero-order valence-corrected chi connectivity index (χ0v) is 11.9. The summed E-state index contributed by atoms with van der Waals surface area (Å²) >= 11 is 3.39. The molecule has 5 heteroatoms. The molecule has 0 aromatic rings. The SMILES string of the molecule is CCN/C(N)=C(/C=C(\C)Br)N(C)/C=C(/C)N. The van der Waals surface area contributed by atoms with Crippen LogP contribution in [0.1, 0.15) is 20.8 Å². The number of nitrogens with zero attached hydrogens (tertiary/aromatic N) is 1. The molecule has 0 unspecified atom stereocenters. The molecule has 0 saturated heterocycles. The summed E-state index contributed by atoms with van der Waals surface area (Å²) in [5, 5.41) is 3.09. The summed E-state index contributed by atoms with van der Waals surface area (Å²) in [6.45, 7) is 6.57. The van der Waals surface area contributed by atoms with E-state index < -0.39 is 0 Å². The third-order valence-electron chi connectivity index (χ3n) is 1.76. The van der Waals surface area contributed by atoms with Crippen LogP contribution in [0.15, 0.2) is 34.0 Å². The quantitative estimate of drug-likeness (QED) is 0.675. The lowest BCUT2D eigenvalue weighted by atomic mass is 10.3. The molecule has 0 atom stereocenters. The van der Waals surface area contributed by atoms with Gasteiger partial charge in [-0.05, 0) is 31.3 Å². The molecule has 0 aliphatic rings. The van der Waals surface area contributed by atoms with E-state index in [4.69, 9.17) is 11.5 Å². The number of hydrogen-bond acceptors (Lipinski definition) is 4. The monoisotopic (exact) mass is 288 g/mol. The molecule has 0 aromatic carbocycles. The molecule has 16 heavy (non-hydrogen) atoms. The highest BCUT2D eigenvalue weighted by Gasteiger charge is 2.05. The Morgan fingerprint density at radius 2 is 1.94 bits per heavy atom. The van der Waals surface area contributed by atoms with Crippen LogP contribution >= 0.6 is 15.9 Å². The van der Waals surface area contributed by atoms with Gasteiger partial charge in [0.25, 0.3) is 0 Å². The van der Waals surface area contributed by atoms with Gasteiger partial charge in [0.05, 0.1) is 5.70 Å². The molecule has 0 fully saturated rings. The van der Waals surface area contributed by atoms with Crippen molar-refractivity contribution in [3.05, 3.63) is 34.0 Å². The molecule has 0 heterocycles. The fraction of sp³-hybridized carbons (Fsp3) is 0.455. The van der Waals surface area contributed by atoms with Gasteiger partial charge < -0.3 is 21.7 Å². The van der Waals surface area contributed by atoms with E-state index in [0.29, 0.717) is 5.82 Å². The van der Waals surface area contributed by atoms with E-state index in [2.05, 4.69) is 21.2 Å². The Hall–Kier alpha value is -1.10. The minimum Gasteiger partial charge on any atom is -0.401 e. The van der Waals surface area contributed by atoms with E-state index >= 15 is 0 Å². The average Bonchev–Trinajstić information content (AvgIpc) is 2.12. The third kappa shape index (κ3) is 5.70. The fourth-order valence-corrected chi connectivity index (χ4v) is 1.43. The Morgan fingerprint density at radius 3 is 2.31 bits per heavy atom. The lowest BCUT2D eigenvalue weighted by Crippen LogP contribution is -2.26. The van der Waals surface area contributed by atoms with Gasteiger partial charge >= 0.3 is 0 Å². The summed E-state index contributed by atoms with van der Waals surface area (Å²) in [5.41, 5.74) is 13.2. The maximum absolute atomic E-state index is 5.94. The van der Waals surface area contributed by atoms with Crippen LogP contribution in [0, 0.1) is 0 Å². The van der Waals surface area contributed by atoms with E-state index in [0.717, 1.165) is 22.4 Å². The van der Waals surface area contributed by atoms with Crippen LogP contribution in [0.3, 0.4) is 0 Å².